The van der Waals surface area contributed by atoms with Gasteiger partial charge in [0, 0.05) is 37.7 Å². The van der Waals surface area contributed by atoms with Gasteiger partial charge in [0.05, 0.1) is 0 Å². The van der Waals surface area contributed by atoms with Crippen molar-refractivity contribution in [2.24, 2.45) is 0 Å². The van der Waals surface area contributed by atoms with Crippen molar-refractivity contribution in [3.63, 3.8) is 0 Å². The molecule has 2 fully saturated rings. The molecule has 0 bridgehead atoms. The lowest BCUT2D eigenvalue weighted by molar-refractivity contribution is -0.131. The minimum absolute atomic E-state index is 0.149. The number of rotatable bonds is 4. The fraction of sp³-hybridized carbons (Fsp3) is 0.588. The predicted octanol–water partition coefficient (Wildman–Crippen LogP) is 2.94. The molecule has 0 spiro atoms. The Kier molecular flexibility index (Phi) is 4.71. The lowest BCUT2D eigenvalue weighted by Crippen LogP contribution is -2.36. The first-order valence-electron chi connectivity index (χ1n) is 8.10. The maximum atomic E-state index is 13.8. The smallest absolute Gasteiger partial charge is 0.224 e. The van der Waals surface area contributed by atoms with Crippen molar-refractivity contribution < 1.29 is 13.6 Å². The molecule has 1 unspecified atom stereocenters. The van der Waals surface area contributed by atoms with Gasteiger partial charge in [-0.15, -0.1) is 0 Å². The van der Waals surface area contributed by atoms with Crippen molar-refractivity contribution in [3.8, 4) is 0 Å². The topological polar surface area (TPSA) is 23.6 Å². The lowest BCUT2D eigenvalue weighted by atomic mass is 10.1. The average Bonchev–Trinajstić information content (AvgIpc) is 3.16. The van der Waals surface area contributed by atoms with Crippen molar-refractivity contribution in [2.75, 3.05) is 19.6 Å². The Labute approximate surface area is 129 Å². The third-order valence-corrected chi connectivity index (χ3v) is 4.77. The van der Waals surface area contributed by atoms with E-state index in [1.807, 2.05) is 4.90 Å². The van der Waals surface area contributed by atoms with Gasteiger partial charge in [-0.25, -0.2) is 8.78 Å². The number of nitrogens with zero attached hydrogens (tertiary/aromatic N) is 2. The van der Waals surface area contributed by atoms with Gasteiger partial charge < -0.3 is 4.90 Å². The van der Waals surface area contributed by atoms with E-state index >= 15 is 0 Å². The Morgan fingerprint density at radius 1 is 1.14 bits per heavy atom. The average molecular weight is 308 g/mol. The number of likely N-dealkylation sites (tertiary alicyclic amines) is 2. The van der Waals surface area contributed by atoms with Crippen LogP contribution >= 0.6 is 0 Å². The van der Waals surface area contributed by atoms with E-state index in [0.29, 0.717) is 18.5 Å². The van der Waals surface area contributed by atoms with E-state index in [1.165, 1.54) is 6.07 Å². The number of carbonyl (C=O) groups is 1. The van der Waals surface area contributed by atoms with Crippen LogP contribution in [0, 0.1) is 11.6 Å². The number of amides is 1. The number of halogens is 2. The normalized spacial score (nSPS) is 22.5. The van der Waals surface area contributed by atoms with Crippen LogP contribution in [0.5, 0.6) is 0 Å². The van der Waals surface area contributed by atoms with Gasteiger partial charge in [-0.05, 0) is 38.3 Å². The second kappa shape index (κ2) is 6.73. The molecule has 1 aromatic rings. The van der Waals surface area contributed by atoms with Crippen LogP contribution in [0.3, 0.4) is 0 Å². The fourth-order valence-corrected chi connectivity index (χ4v) is 3.52. The molecule has 5 heteroatoms. The number of hydrogen-bond donors (Lipinski definition) is 0. The maximum Gasteiger partial charge on any atom is 0.224 e. The largest absolute Gasteiger partial charge is 0.343 e. The van der Waals surface area contributed by atoms with Crippen LogP contribution in [-0.4, -0.2) is 41.4 Å². The number of carbonyl (C=O) groups excluding carboxylic acids is 1. The molecular weight excluding hydrogens is 286 g/mol. The van der Waals surface area contributed by atoms with Crippen LogP contribution in [-0.2, 0) is 11.3 Å². The summed E-state index contributed by atoms with van der Waals surface area (Å²) in [6, 6.07) is 4.44. The van der Waals surface area contributed by atoms with E-state index < -0.39 is 11.6 Å². The van der Waals surface area contributed by atoms with Crippen LogP contribution < -0.4 is 0 Å². The van der Waals surface area contributed by atoms with Crippen LogP contribution in [0.1, 0.15) is 37.7 Å². The second-order valence-corrected chi connectivity index (χ2v) is 6.27. The van der Waals surface area contributed by atoms with Gasteiger partial charge in [-0.1, -0.05) is 12.1 Å². The summed E-state index contributed by atoms with van der Waals surface area (Å²) in [6.07, 6.45) is 4.64. The van der Waals surface area contributed by atoms with Gasteiger partial charge >= 0.3 is 0 Å². The van der Waals surface area contributed by atoms with Gasteiger partial charge in [-0.3, -0.25) is 9.69 Å². The Morgan fingerprint density at radius 2 is 1.91 bits per heavy atom. The first-order valence-corrected chi connectivity index (χ1v) is 8.10. The molecule has 3 rings (SSSR count). The summed E-state index contributed by atoms with van der Waals surface area (Å²) < 4.78 is 27.1. The van der Waals surface area contributed by atoms with Crippen LogP contribution in [0.2, 0.25) is 0 Å². The van der Waals surface area contributed by atoms with Crippen molar-refractivity contribution in [1.82, 2.24) is 9.80 Å². The molecule has 1 aromatic carbocycles. The summed E-state index contributed by atoms with van der Waals surface area (Å²) in [5.41, 5.74) is 0.375. The number of hydrogen-bond acceptors (Lipinski definition) is 2. The van der Waals surface area contributed by atoms with Crippen LogP contribution in [0.25, 0.3) is 0 Å². The van der Waals surface area contributed by atoms with Gasteiger partial charge in [-0.2, -0.15) is 0 Å². The SMILES string of the molecule is O=C(CC1CCCN1Cc1cccc(F)c1F)N1CCCC1. The van der Waals surface area contributed by atoms with E-state index in [1.54, 1.807) is 6.07 Å². The highest BCUT2D eigenvalue weighted by molar-refractivity contribution is 5.77. The molecule has 0 radical (unpaired) electrons. The molecule has 0 aliphatic carbocycles. The van der Waals surface area contributed by atoms with E-state index in [-0.39, 0.29) is 11.9 Å². The molecule has 2 aliphatic heterocycles. The molecule has 2 aliphatic rings. The molecule has 2 heterocycles. The minimum Gasteiger partial charge on any atom is -0.343 e. The van der Waals surface area contributed by atoms with Crippen LogP contribution in [0.4, 0.5) is 8.78 Å². The summed E-state index contributed by atoms with van der Waals surface area (Å²) in [4.78, 5) is 16.3. The molecule has 1 amide bonds. The molecule has 0 aromatic heterocycles. The van der Waals surface area contributed by atoms with Gasteiger partial charge in [0.1, 0.15) is 0 Å². The second-order valence-electron chi connectivity index (χ2n) is 6.27. The predicted molar refractivity (Wildman–Crippen MR) is 80.2 cm³/mol. The van der Waals surface area contributed by atoms with Crippen molar-refractivity contribution in [3.05, 3.63) is 35.4 Å². The molecule has 3 nitrogen and oxygen atoms in total. The van der Waals surface area contributed by atoms with Gasteiger partial charge in [0.15, 0.2) is 11.6 Å². The molecule has 0 N–H and O–H groups in total. The summed E-state index contributed by atoms with van der Waals surface area (Å²) in [7, 11) is 0. The first-order chi connectivity index (χ1) is 10.6. The van der Waals surface area contributed by atoms with E-state index in [2.05, 4.69) is 4.90 Å². The molecular formula is C17H22F2N2O. The molecule has 120 valence electrons. The fourth-order valence-electron chi connectivity index (χ4n) is 3.52. The lowest BCUT2D eigenvalue weighted by Gasteiger charge is -2.26. The zero-order valence-corrected chi connectivity index (χ0v) is 12.7. The van der Waals surface area contributed by atoms with E-state index in [9.17, 15) is 13.6 Å². The van der Waals surface area contributed by atoms with Gasteiger partial charge in [0.25, 0.3) is 0 Å². The Bertz CT molecular complexity index is 543. The highest BCUT2D eigenvalue weighted by Gasteiger charge is 2.29. The summed E-state index contributed by atoms with van der Waals surface area (Å²) in [6.45, 7) is 2.95. The summed E-state index contributed by atoms with van der Waals surface area (Å²) in [5.74, 6) is -1.37. The zero-order chi connectivity index (χ0) is 15.5. The third-order valence-electron chi connectivity index (χ3n) is 4.77. The Hall–Kier alpha value is -1.49. The quantitative estimate of drug-likeness (QED) is 0.854. The molecule has 0 saturated carbocycles. The molecule has 2 saturated heterocycles. The van der Waals surface area contributed by atoms with Crippen molar-refractivity contribution >= 4 is 5.91 Å². The monoisotopic (exact) mass is 308 g/mol. The highest BCUT2D eigenvalue weighted by Crippen LogP contribution is 2.25. The first kappa shape index (κ1) is 15.4. The maximum absolute atomic E-state index is 13.8. The van der Waals surface area contributed by atoms with E-state index in [4.69, 9.17) is 0 Å². The third kappa shape index (κ3) is 3.29. The summed E-state index contributed by atoms with van der Waals surface area (Å²) >= 11 is 0. The van der Waals surface area contributed by atoms with Crippen molar-refractivity contribution in [2.45, 2.75) is 44.7 Å². The Balaban J connectivity index is 1.63. The van der Waals surface area contributed by atoms with Gasteiger partial charge in [0.2, 0.25) is 5.91 Å². The minimum atomic E-state index is -0.804. The Morgan fingerprint density at radius 3 is 2.68 bits per heavy atom. The summed E-state index contributed by atoms with van der Waals surface area (Å²) in [5, 5.41) is 0. The van der Waals surface area contributed by atoms with Crippen LogP contribution in [0.15, 0.2) is 18.2 Å². The number of benzene rings is 1. The zero-order valence-electron chi connectivity index (χ0n) is 12.7. The standard InChI is InChI=1S/C17H22F2N2O/c18-15-7-3-5-13(17(15)19)12-21-10-4-6-14(21)11-16(22)20-8-1-2-9-20/h3,5,7,14H,1-2,4,6,8-12H2. The molecule has 1 atom stereocenters. The molecule has 22 heavy (non-hydrogen) atoms. The van der Waals surface area contributed by atoms with E-state index in [0.717, 1.165) is 51.4 Å². The highest BCUT2D eigenvalue weighted by atomic mass is 19.2. The van der Waals surface area contributed by atoms with Crippen molar-refractivity contribution in [1.29, 1.82) is 0 Å².